The van der Waals surface area contributed by atoms with Gasteiger partial charge in [0.2, 0.25) is 17.1 Å². The first-order chi connectivity index (χ1) is 29.8. The van der Waals surface area contributed by atoms with Crippen molar-refractivity contribution in [2.75, 3.05) is 35.5 Å². The molecular weight excluding hydrogens is 1460 g/mol. The van der Waals surface area contributed by atoms with Crippen LogP contribution in [0.4, 0.5) is 0 Å². The van der Waals surface area contributed by atoms with Gasteiger partial charge in [-0.25, -0.2) is 0 Å². The standard InChI is InChI=1S/2C10H15NO6.C9H12O3.C6H9NO4.CHI3.2HI.V/c2*1-16-8(12)3-4-10(11(14)15)5-7(6-10)9(13)17-2;10-7-1-2-9(5-7)3-6(4-9)8(11)12;1-11-6(8)4-2-5(3-4)7(9)10;2-1(3)4;;;/h2*7H,3-6H2,1-2H3;6H,1-5H2,(H,11,12);4-5H,2-3H2,1H3;1H;2*1H;/q;;;;;;;+2/p-2. The molecule has 0 amide bonds. The molecule has 0 aromatic rings. The molecule has 28 heteroatoms. The Kier molecular flexibility index (Phi) is 30.6. The van der Waals surface area contributed by atoms with E-state index in [-0.39, 0.29) is 79.5 Å². The summed E-state index contributed by atoms with van der Waals surface area (Å²) in [5.74, 6) is -3.79. The Morgan fingerprint density at radius 3 is 1.27 bits per heavy atom. The van der Waals surface area contributed by atoms with Crippen LogP contribution in [-0.4, -0.2) is 114 Å². The molecule has 5 aliphatic carbocycles. The Balaban J connectivity index is 0.000000796. The number of carbonyl (C=O) groups is 7. The number of carboxylic acids is 1. The molecule has 0 aromatic carbocycles. The third-order valence-corrected chi connectivity index (χ3v) is 11.6. The van der Waals surface area contributed by atoms with E-state index in [9.17, 15) is 63.9 Å². The van der Waals surface area contributed by atoms with Crippen molar-refractivity contribution >= 4 is 149 Å². The van der Waals surface area contributed by atoms with Crippen molar-refractivity contribution in [1.29, 1.82) is 0 Å². The van der Waals surface area contributed by atoms with Crippen LogP contribution in [0.15, 0.2) is 0 Å². The number of alkyl halides is 3. The van der Waals surface area contributed by atoms with Crippen LogP contribution in [-0.2, 0) is 66.7 Å². The number of ether oxygens (including phenoxy) is 5. The number of methoxy groups -OCH3 is 5. The fourth-order valence-electron chi connectivity index (χ4n) is 7.77. The number of halogens is 5. The van der Waals surface area contributed by atoms with Crippen molar-refractivity contribution in [2.45, 2.75) is 113 Å². The molecule has 1 spiro atoms. The van der Waals surface area contributed by atoms with Gasteiger partial charge in [-0.05, 0) is 24.7 Å². The number of nitrogens with zero attached hydrogens (tertiary/aromatic N) is 3. The molecule has 0 aliphatic heterocycles. The number of hydrogen-bond acceptors (Lipinski definition) is 18. The maximum absolute atomic E-state index is 11.2. The third-order valence-electron chi connectivity index (χ3n) is 11.6. The van der Waals surface area contributed by atoms with Gasteiger partial charge in [-0.15, -0.1) is 0 Å². The summed E-state index contributed by atoms with van der Waals surface area (Å²) in [5, 5.41) is 40.7. The van der Waals surface area contributed by atoms with Crippen LogP contribution in [0.1, 0.15) is 96.3 Å². The summed E-state index contributed by atoms with van der Waals surface area (Å²) in [4.78, 5) is 107. The minimum atomic E-state index is -1.17. The molecule has 0 atom stereocenters. The Hall–Kier alpha value is -1.08. The summed E-state index contributed by atoms with van der Waals surface area (Å²) >= 11 is 11.7. The van der Waals surface area contributed by atoms with E-state index in [1.165, 1.54) is 35.5 Å². The summed E-state index contributed by atoms with van der Waals surface area (Å²) in [6, 6.07) is -0.529. The molecule has 0 bridgehead atoms. The van der Waals surface area contributed by atoms with Gasteiger partial charge in [-0.3, -0.25) is 63.9 Å². The van der Waals surface area contributed by atoms with E-state index >= 15 is 0 Å². The van der Waals surface area contributed by atoms with Crippen LogP contribution < -0.4 is 0 Å². The number of carbonyl (C=O) groups excluding carboxylic acids is 6. The second-order valence-corrected chi connectivity index (χ2v) is 38.1. The second kappa shape index (κ2) is 31.1. The molecule has 64 heavy (non-hydrogen) atoms. The normalized spacial score (nSPS) is 27.5. The van der Waals surface area contributed by atoms with Gasteiger partial charge in [0.05, 0.1) is 72.1 Å². The number of rotatable bonds is 13. The van der Waals surface area contributed by atoms with Crippen LogP contribution in [0.3, 0.4) is 0 Å². The summed E-state index contributed by atoms with van der Waals surface area (Å²) in [6.45, 7) is 0. The zero-order valence-electron chi connectivity index (χ0n) is 35.5. The summed E-state index contributed by atoms with van der Waals surface area (Å²) < 4.78 is 23.1. The molecule has 0 radical (unpaired) electrons. The maximum atomic E-state index is 11.2. The van der Waals surface area contributed by atoms with Crippen LogP contribution in [0.5, 0.6) is 0 Å². The Bertz CT molecular complexity index is 1560. The summed E-state index contributed by atoms with van der Waals surface area (Å²) in [6.07, 6.45) is 5.05. The quantitative estimate of drug-likeness (QED) is 0.0492. The molecule has 365 valence electrons. The van der Waals surface area contributed by atoms with Crippen molar-refractivity contribution < 1.29 is 86.6 Å². The Morgan fingerprint density at radius 1 is 0.672 bits per heavy atom. The topological polar surface area (TPSA) is 315 Å². The fourth-order valence-corrected chi connectivity index (χ4v) is 7.77. The van der Waals surface area contributed by atoms with E-state index in [4.69, 9.17) is 5.11 Å². The van der Waals surface area contributed by atoms with Crippen molar-refractivity contribution in [3.05, 3.63) is 30.3 Å². The third kappa shape index (κ3) is 21.1. The number of ketones is 1. The summed E-state index contributed by atoms with van der Waals surface area (Å²) in [5.41, 5.74) is -2.24. The van der Waals surface area contributed by atoms with Crippen molar-refractivity contribution in [3.8, 4) is 0 Å². The molecule has 22 nitrogen and oxygen atoms in total. The van der Waals surface area contributed by atoms with E-state index in [0.29, 0.717) is 40.9 Å². The molecule has 0 unspecified atom stereocenters. The van der Waals surface area contributed by atoms with Gasteiger partial charge >= 0.3 is 85.2 Å². The van der Waals surface area contributed by atoms with Gasteiger partial charge in [-0.1, -0.05) is 67.8 Å². The van der Waals surface area contributed by atoms with E-state index in [1.54, 1.807) is 0 Å². The van der Waals surface area contributed by atoms with E-state index in [1.807, 2.05) is 0 Å². The van der Waals surface area contributed by atoms with Crippen molar-refractivity contribution in [3.63, 3.8) is 0 Å². The molecule has 5 rings (SSSR count). The second-order valence-electron chi connectivity index (χ2n) is 15.5. The van der Waals surface area contributed by atoms with Gasteiger partial charge in [0.25, 0.3) is 0 Å². The van der Waals surface area contributed by atoms with E-state index in [2.05, 4.69) is 131 Å². The fraction of sp³-hybridized carbons (Fsp3) is 0.806. The van der Waals surface area contributed by atoms with Gasteiger partial charge < -0.3 is 28.8 Å². The first kappa shape index (κ1) is 62.9. The van der Waals surface area contributed by atoms with Gasteiger partial charge in [0, 0.05) is 79.0 Å². The molecule has 1 N–H and O–H groups in total. The Labute approximate surface area is 439 Å². The van der Waals surface area contributed by atoms with Gasteiger partial charge in [-0.2, -0.15) is 0 Å². The first-order valence-corrected chi connectivity index (χ1v) is 31.9. The van der Waals surface area contributed by atoms with Crippen LogP contribution >= 0.6 is 108 Å². The molecule has 5 saturated carbocycles. The first-order valence-electron chi connectivity index (χ1n) is 19.2. The van der Waals surface area contributed by atoms with Crippen molar-refractivity contribution in [1.82, 2.24) is 0 Å². The molecule has 0 aromatic heterocycles. The van der Waals surface area contributed by atoms with Gasteiger partial charge in [0.1, 0.15) is 5.72 Å². The van der Waals surface area contributed by atoms with Gasteiger partial charge in [0.15, 0.2) is 0 Å². The van der Waals surface area contributed by atoms with Crippen LogP contribution in [0.25, 0.3) is 0 Å². The predicted molar refractivity (Wildman–Crippen MR) is 262 cm³/mol. The summed E-state index contributed by atoms with van der Waals surface area (Å²) in [7, 11) is 6.90. The number of nitro groups is 3. The molecular formula is C36H52I5N3O19V. The number of hydrogen-bond donors (Lipinski definition) is 1. The zero-order chi connectivity index (χ0) is 49.6. The molecule has 0 heterocycles. The van der Waals surface area contributed by atoms with E-state index < -0.39 is 68.6 Å². The average molecular weight is 1520 g/mol. The zero-order valence-corrected chi connectivity index (χ0v) is 47.7. The number of aliphatic carboxylic acids is 1. The van der Waals surface area contributed by atoms with Crippen molar-refractivity contribution in [2.24, 2.45) is 29.1 Å². The van der Waals surface area contributed by atoms with Crippen LogP contribution in [0.2, 0.25) is 0 Å². The molecule has 0 saturated heterocycles. The predicted octanol–water partition coefficient (Wildman–Crippen LogP) is 6.86. The average Bonchev–Trinajstić information content (AvgIpc) is 3.57. The number of carboxylic acid groups (broad SMARTS) is 1. The molecule has 5 fully saturated rings. The number of Topliss-reactive ketones (excluding diaryl/α,β-unsaturated/α-hetero) is 1. The monoisotopic (exact) mass is 1520 g/mol. The molecule has 5 aliphatic rings. The van der Waals surface area contributed by atoms with Crippen LogP contribution in [0, 0.1) is 59.4 Å². The minimum absolute atomic E-state index is 0.00856. The van der Waals surface area contributed by atoms with E-state index in [0.717, 1.165) is 19.2 Å². The number of esters is 5. The Morgan fingerprint density at radius 2 is 1.02 bits per heavy atom. The SMILES string of the molecule is COC(=O)C1CC([N+](=O)[O-])C1.COC(=O)CCC1([N+](=O)[O-])CC(C(=O)OC)C1.COC(=O)CCC1([N+](=O)[O-])CC(C(=O)OC)C1.IC(I)I.O=C1CCC2(C1)CC(C(=O)O)C2.[I][V][I].